The van der Waals surface area contributed by atoms with Gasteiger partial charge in [0.1, 0.15) is 6.07 Å². The topological polar surface area (TPSA) is 62.7 Å². The van der Waals surface area contributed by atoms with E-state index in [9.17, 15) is 0 Å². The fourth-order valence-electron chi connectivity index (χ4n) is 1.17. The molecule has 0 saturated heterocycles. The molecule has 1 aromatic heterocycles. The first-order valence-corrected chi connectivity index (χ1v) is 4.35. The van der Waals surface area contributed by atoms with Crippen LogP contribution in [0.3, 0.4) is 0 Å². The normalized spacial score (nSPS) is 12.1. The molecule has 13 heavy (non-hydrogen) atoms. The summed E-state index contributed by atoms with van der Waals surface area (Å²) < 4.78 is 0. The number of nitrogens with two attached hydrogens (primary N) is 1. The van der Waals surface area contributed by atoms with Gasteiger partial charge in [-0.3, -0.25) is 4.98 Å². The maximum absolute atomic E-state index is 8.74. The molecule has 0 saturated carbocycles. The van der Waals surface area contributed by atoms with Crippen molar-refractivity contribution < 1.29 is 0 Å². The van der Waals surface area contributed by atoms with Gasteiger partial charge >= 0.3 is 0 Å². The third-order valence-electron chi connectivity index (χ3n) is 2.22. The van der Waals surface area contributed by atoms with E-state index in [0.29, 0.717) is 17.2 Å². The molecular weight excluding hydrogens is 162 g/mol. The van der Waals surface area contributed by atoms with Crippen molar-refractivity contribution in [2.45, 2.75) is 26.2 Å². The average Bonchev–Trinajstić information content (AvgIpc) is 2.17. The Labute approximate surface area is 78.2 Å². The number of hydrogen-bond acceptors (Lipinski definition) is 3. The predicted octanol–water partition coefficient (Wildman–Crippen LogP) is 2.05. The number of nitrogen functional groups attached to an aromatic ring is 1. The zero-order valence-electron chi connectivity index (χ0n) is 7.91. The highest BCUT2D eigenvalue weighted by Crippen LogP contribution is 2.24. The molecule has 1 aromatic rings. The smallest absolute Gasteiger partial charge is 0.101 e. The van der Waals surface area contributed by atoms with E-state index < -0.39 is 0 Å². The SMILES string of the molecule is CC[C@@H](C)c1nccc(C#N)c1N. The Balaban J connectivity index is 3.17. The van der Waals surface area contributed by atoms with E-state index in [4.69, 9.17) is 11.0 Å². The summed E-state index contributed by atoms with van der Waals surface area (Å²) in [4.78, 5) is 4.18. The molecule has 2 N–H and O–H groups in total. The van der Waals surface area contributed by atoms with Crippen molar-refractivity contribution in [2.24, 2.45) is 0 Å². The molecule has 0 fully saturated rings. The quantitative estimate of drug-likeness (QED) is 0.748. The third-order valence-corrected chi connectivity index (χ3v) is 2.22. The molecule has 3 nitrogen and oxygen atoms in total. The number of rotatable bonds is 2. The first kappa shape index (κ1) is 9.53. The first-order valence-electron chi connectivity index (χ1n) is 4.35. The highest BCUT2D eigenvalue weighted by Gasteiger charge is 2.11. The van der Waals surface area contributed by atoms with Crippen molar-refractivity contribution in [2.75, 3.05) is 5.73 Å². The lowest BCUT2D eigenvalue weighted by atomic mass is 10.0. The van der Waals surface area contributed by atoms with Crippen molar-refractivity contribution in [3.63, 3.8) is 0 Å². The highest BCUT2D eigenvalue weighted by atomic mass is 14.7. The van der Waals surface area contributed by atoms with Crippen molar-refractivity contribution in [1.29, 1.82) is 5.26 Å². The molecule has 1 rings (SSSR count). The van der Waals surface area contributed by atoms with Crippen LogP contribution in [0.2, 0.25) is 0 Å². The summed E-state index contributed by atoms with van der Waals surface area (Å²) in [6, 6.07) is 3.69. The van der Waals surface area contributed by atoms with Crippen molar-refractivity contribution in [3.8, 4) is 6.07 Å². The summed E-state index contributed by atoms with van der Waals surface area (Å²) in [5.41, 5.74) is 7.67. The molecule has 1 atom stereocenters. The van der Waals surface area contributed by atoms with Crippen LogP contribution in [-0.2, 0) is 0 Å². The minimum atomic E-state index is 0.313. The summed E-state index contributed by atoms with van der Waals surface area (Å²) >= 11 is 0. The van der Waals surface area contributed by atoms with Crippen molar-refractivity contribution in [1.82, 2.24) is 4.98 Å². The Kier molecular flexibility index (Phi) is 2.86. The number of nitrogens with zero attached hydrogens (tertiary/aromatic N) is 2. The number of nitriles is 1. The van der Waals surface area contributed by atoms with Crippen molar-refractivity contribution in [3.05, 3.63) is 23.5 Å². The van der Waals surface area contributed by atoms with Gasteiger partial charge in [0.15, 0.2) is 0 Å². The predicted molar refractivity (Wildman–Crippen MR) is 52.1 cm³/mol. The molecule has 68 valence electrons. The van der Waals surface area contributed by atoms with Gasteiger partial charge in [0.05, 0.1) is 16.9 Å². The van der Waals surface area contributed by atoms with E-state index in [2.05, 4.69) is 18.8 Å². The number of aromatic nitrogens is 1. The van der Waals surface area contributed by atoms with Crippen LogP contribution in [0.15, 0.2) is 12.3 Å². The van der Waals surface area contributed by atoms with Crippen LogP contribution in [0.25, 0.3) is 0 Å². The number of hydrogen-bond donors (Lipinski definition) is 1. The maximum atomic E-state index is 8.74. The molecule has 0 radical (unpaired) electrons. The Morgan fingerprint density at radius 3 is 2.92 bits per heavy atom. The largest absolute Gasteiger partial charge is 0.396 e. The lowest BCUT2D eigenvalue weighted by Crippen LogP contribution is -2.03. The van der Waals surface area contributed by atoms with E-state index in [1.165, 1.54) is 0 Å². The molecule has 0 spiro atoms. The van der Waals surface area contributed by atoms with Gasteiger partial charge in [0.2, 0.25) is 0 Å². The summed E-state index contributed by atoms with van der Waals surface area (Å²) in [5, 5.41) is 8.74. The molecule has 0 unspecified atom stereocenters. The summed E-state index contributed by atoms with van der Waals surface area (Å²) in [7, 11) is 0. The Morgan fingerprint density at radius 1 is 1.69 bits per heavy atom. The molecule has 0 aromatic carbocycles. The second-order valence-electron chi connectivity index (χ2n) is 3.08. The van der Waals surface area contributed by atoms with E-state index in [1.54, 1.807) is 12.3 Å². The van der Waals surface area contributed by atoms with Gasteiger partial charge in [0.25, 0.3) is 0 Å². The molecule has 3 heteroatoms. The van der Waals surface area contributed by atoms with Gasteiger partial charge < -0.3 is 5.73 Å². The van der Waals surface area contributed by atoms with Gasteiger partial charge in [-0.25, -0.2) is 0 Å². The fraction of sp³-hybridized carbons (Fsp3) is 0.400. The molecule has 0 bridgehead atoms. The summed E-state index contributed by atoms with van der Waals surface area (Å²) in [6.45, 7) is 4.13. The van der Waals surface area contributed by atoms with Crippen molar-refractivity contribution >= 4 is 5.69 Å². The molecule has 0 aliphatic heterocycles. The van der Waals surface area contributed by atoms with Crippen LogP contribution < -0.4 is 5.73 Å². The summed E-state index contributed by atoms with van der Waals surface area (Å²) in [5.74, 6) is 0.313. The highest BCUT2D eigenvalue weighted by molar-refractivity contribution is 5.57. The lowest BCUT2D eigenvalue weighted by molar-refractivity contribution is 0.710. The molecular formula is C10H13N3. The van der Waals surface area contributed by atoms with Gasteiger partial charge in [0, 0.05) is 12.1 Å². The van der Waals surface area contributed by atoms with Crippen LogP contribution in [0.5, 0.6) is 0 Å². The van der Waals surface area contributed by atoms with Crippen LogP contribution in [0.4, 0.5) is 5.69 Å². The zero-order chi connectivity index (χ0) is 9.84. The molecule has 0 aliphatic rings. The Hall–Kier alpha value is -1.56. The van der Waals surface area contributed by atoms with E-state index >= 15 is 0 Å². The fourth-order valence-corrected chi connectivity index (χ4v) is 1.17. The number of pyridine rings is 1. The second-order valence-corrected chi connectivity index (χ2v) is 3.08. The van der Waals surface area contributed by atoms with Gasteiger partial charge in [-0.15, -0.1) is 0 Å². The second kappa shape index (κ2) is 3.90. The lowest BCUT2D eigenvalue weighted by Gasteiger charge is -2.10. The van der Waals surface area contributed by atoms with Crippen LogP contribution >= 0.6 is 0 Å². The molecule has 1 heterocycles. The van der Waals surface area contributed by atoms with Crippen LogP contribution in [-0.4, -0.2) is 4.98 Å². The van der Waals surface area contributed by atoms with E-state index in [-0.39, 0.29) is 0 Å². The van der Waals surface area contributed by atoms with Gasteiger partial charge in [-0.05, 0) is 12.5 Å². The maximum Gasteiger partial charge on any atom is 0.101 e. The molecule has 0 amide bonds. The first-order chi connectivity index (χ1) is 6.20. The summed E-state index contributed by atoms with van der Waals surface area (Å²) in [6.07, 6.45) is 2.61. The van der Waals surface area contributed by atoms with E-state index in [0.717, 1.165) is 12.1 Å². The van der Waals surface area contributed by atoms with E-state index in [1.807, 2.05) is 6.07 Å². The monoisotopic (exact) mass is 175 g/mol. The average molecular weight is 175 g/mol. The van der Waals surface area contributed by atoms with Gasteiger partial charge in [-0.2, -0.15) is 5.26 Å². The minimum Gasteiger partial charge on any atom is -0.396 e. The zero-order valence-corrected chi connectivity index (χ0v) is 7.91. The Morgan fingerprint density at radius 2 is 2.38 bits per heavy atom. The molecule has 0 aliphatic carbocycles. The standard InChI is InChI=1S/C10H13N3/c1-3-7(2)10-9(12)8(6-11)4-5-13-10/h4-5,7H,3,12H2,1-2H3/t7-/m1/s1. The minimum absolute atomic E-state index is 0.313. The Bertz CT molecular complexity index is 339. The van der Waals surface area contributed by atoms with Crippen LogP contribution in [0, 0.1) is 11.3 Å². The third kappa shape index (κ3) is 1.78. The number of anilines is 1. The van der Waals surface area contributed by atoms with Gasteiger partial charge in [-0.1, -0.05) is 13.8 Å². The van der Waals surface area contributed by atoms with Crippen LogP contribution in [0.1, 0.15) is 37.4 Å².